The first kappa shape index (κ1) is 13.4. The number of alkyl halides is 1. The summed E-state index contributed by atoms with van der Waals surface area (Å²) in [5.41, 5.74) is 0.919. The first-order valence-electron chi connectivity index (χ1n) is 6.34. The van der Waals surface area contributed by atoms with Crippen LogP contribution in [-0.4, -0.2) is 23.4 Å². The second-order valence-electron chi connectivity index (χ2n) is 4.58. The molecule has 98 valence electrons. The van der Waals surface area contributed by atoms with Gasteiger partial charge in [-0.05, 0) is 31.9 Å². The van der Waals surface area contributed by atoms with Gasteiger partial charge < -0.3 is 9.64 Å². The second kappa shape index (κ2) is 5.74. The Balaban J connectivity index is 2.15. The lowest BCUT2D eigenvalue weighted by Gasteiger charge is -2.18. The summed E-state index contributed by atoms with van der Waals surface area (Å²) in [4.78, 5) is 13.7. The van der Waals surface area contributed by atoms with E-state index in [1.165, 1.54) is 0 Å². The van der Waals surface area contributed by atoms with E-state index in [1.54, 1.807) is 0 Å². The Labute approximate surface area is 116 Å². The third kappa shape index (κ3) is 2.86. The number of hydrogen-bond donors (Lipinski definition) is 0. The molecule has 0 bridgehead atoms. The topological polar surface area (TPSA) is 29.5 Å². The smallest absolute Gasteiger partial charge is 0.240 e. The van der Waals surface area contributed by atoms with Crippen LogP contribution < -0.4 is 9.64 Å². The summed E-state index contributed by atoms with van der Waals surface area (Å²) in [5, 5.41) is 0. The van der Waals surface area contributed by atoms with E-state index in [4.69, 9.17) is 4.74 Å². The number of amides is 1. The molecular formula is C14H18BrNO2. The third-order valence-electron chi connectivity index (χ3n) is 3.18. The van der Waals surface area contributed by atoms with Gasteiger partial charge in [-0.25, -0.2) is 0 Å². The van der Waals surface area contributed by atoms with Crippen LogP contribution in [0.2, 0.25) is 0 Å². The second-order valence-corrected chi connectivity index (χ2v) is 5.69. The Morgan fingerprint density at radius 1 is 1.56 bits per heavy atom. The fourth-order valence-electron chi connectivity index (χ4n) is 1.94. The van der Waals surface area contributed by atoms with Crippen molar-refractivity contribution in [2.45, 2.75) is 37.6 Å². The van der Waals surface area contributed by atoms with Gasteiger partial charge in [0.05, 0.1) is 10.9 Å². The van der Waals surface area contributed by atoms with Gasteiger partial charge in [-0.15, -0.1) is 0 Å². The Kier molecular flexibility index (Phi) is 4.27. The molecule has 1 aromatic rings. The van der Waals surface area contributed by atoms with Crippen molar-refractivity contribution in [3.63, 3.8) is 0 Å². The summed E-state index contributed by atoms with van der Waals surface area (Å²) in [5.74, 6) is 0.961. The minimum absolute atomic E-state index is 0.0448. The number of nitrogens with zero attached hydrogens (tertiary/aromatic N) is 1. The number of halogens is 1. The van der Waals surface area contributed by atoms with Crippen molar-refractivity contribution in [3.8, 4) is 5.75 Å². The molecule has 1 fully saturated rings. The van der Waals surface area contributed by atoms with Crippen molar-refractivity contribution in [2.24, 2.45) is 0 Å². The van der Waals surface area contributed by atoms with E-state index in [2.05, 4.69) is 22.9 Å². The van der Waals surface area contributed by atoms with E-state index in [0.29, 0.717) is 0 Å². The van der Waals surface area contributed by atoms with Crippen molar-refractivity contribution in [1.29, 1.82) is 0 Å². The first-order chi connectivity index (χ1) is 8.61. The van der Waals surface area contributed by atoms with E-state index < -0.39 is 0 Å². The highest BCUT2D eigenvalue weighted by molar-refractivity contribution is 9.10. The van der Waals surface area contributed by atoms with Crippen molar-refractivity contribution in [1.82, 2.24) is 0 Å². The Hall–Kier alpha value is -1.03. The average molecular weight is 312 g/mol. The van der Waals surface area contributed by atoms with Gasteiger partial charge in [-0.1, -0.05) is 28.9 Å². The molecule has 3 nitrogen and oxygen atoms in total. The van der Waals surface area contributed by atoms with Gasteiger partial charge in [-0.3, -0.25) is 4.79 Å². The number of carbonyl (C=O) groups excluding carboxylic acids is 1. The average Bonchev–Trinajstić information content (AvgIpc) is 2.70. The normalized spacial score (nSPS) is 21.2. The number of carbonyl (C=O) groups is 1. The minimum atomic E-state index is -0.0448. The van der Waals surface area contributed by atoms with E-state index in [-0.39, 0.29) is 16.8 Å². The molecule has 0 N–H and O–H groups in total. The summed E-state index contributed by atoms with van der Waals surface area (Å²) >= 11 is 3.39. The third-order valence-corrected chi connectivity index (χ3v) is 4.03. The van der Waals surface area contributed by atoms with Crippen LogP contribution in [0.15, 0.2) is 24.3 Å². The van der Waals surface area contributed by atoms with Crippen molar-refractivity contribution in [2.75, 3.05) is 11.4 Å². The van der Waals surface area contributed by atoms with Crippen molar-refractivity contribution < 1.29 is 9.53 Å². The monoisotopic (exact) mass is 311 g/mol. The van der Waals surface area contributed by atoms with Gasteiger partial charge in [0.15, 0.2) is 0 Å². The lowest BCUT2D eigenvalue weighted by Crippen LogP contribution is -2.27. The molecule has 1 heterocycles. The molecule has 4 heteroatoms. The Morgan fingerprint density at radius 2 is 2.33 bits per heavy atom. The van der Waals surface area contributed by atoms with Crippen LogP contribution in [0, 0.1) is 0 Å². The van der Waals surface area contributed by atoms with Gasteiger partial charge >= 0.3 is 0 Å². The zero-order chi connectivity index (χ0) is 13.1. The van der Waals surface area contributed by atoms with Gasteiger partial charge in [0.2, 0.25) is 5.91 Å². The molecule has 0 aliphatic carbocycles. The maximum atomic E-state index is 11.9. The maximum Gasteiger partial charge on any atom is 0.240 e. The highest BCUT2D eigenvalue weighted by atomic mass is 79.9. The molecule has 0 saturated carbocycles. The van der Waals surface area contributed by atoms with E-state index in [0.717, 1.165) is 30.8 Å². The SMILES string of the molecule is CCC(C)Oc1cccc(N2CCC(Br)C2=O)c1. The van der Waals surface area contributed by atoms with E-state index in [9.17, 15) is 4.79 Å². The molecule has 1 aromatic carbocycles. The number of rotatable bonds is 4. The maximum absolute atomic E-state index is 11.9. The first-order valence-corrected chi connectivity index (χ1v) is 7.25. The Morgan fingerprint density at radius 3 is 2.94 bits per heavy atom. The molecule has 1 saturated heterocycles. The predicted molar refractivity (Wildman–Crippen MR) is 76.5 cm³/mol. The number of hydrogen-bond acceptors (Lipinski definition) is 2. The fraction of sp³-hybridized carbons (Fsp3) is 0.500. The number of benzene rings is 1. The molecule has 1 aliphatic rings. The standard InChI is InChI=1S/C14H18BrNO2/c1-3-10(2)18-12-6-4-5-11(9-12)16-8-7-13(15)14(16)17/h4-6,9-10,13H,3,7-8H2,1-2H3. The Bertz CT molecular complexity index is 436. The van der Waals surface area contributed by atoms with Crippen LogP contribution >= 0.6 is 15.9 Å². The predicted octanol–water partition coefficient (Wildman–Crippen LogP) is 3.36. The van der Waals surface area contributed by atoms with Crippen LogP contribution in [0.25, 0.3) is 0 Å². The molecule has 18 heavy (non-hydrogen) atoms. The van der Waals surface area contributed by atoms with Gasteiger partial charge in [0.1, 0.15) is 5.75 Å². The largest absolute Gasteiger partial charge is 0.491 e. The minimum Gasteiger partial charge on any atom is -0.491 e. The summed E-state index contributed by atoms with van der Waals surface area (Å²) in [7, 11) is 0. The zero-order valence-electron chi connectivity index (χ0n) is 10.7. The van der Waals surface area contributed by atoms with Crippen LogP contribution in [0.1, 0.15) is 26.7 Å². The van der Waals surface area contributed by atoms with Crippen molar-refractivity contribution >= 4 is 27.5 Å². The molecule has 0 aromatic heterocycles. The van der Waals surface area contributed by atoms with Gasteiger partial charge in [0.25, 0.3) is 0 Å². The van der Waals surface area contributed by atoms with E-state index in [1.807, 2.05) is 36.1 Å². The number of ether oxygens (including phenoxy) is 1. The lowest BCUT2D eigenvalue weighted by molar-refractivity contribution is -0.116. The summed E-state index contributed by atoms with van der Waals surface area (Å²) in [6.07, 6.45) is 2.02. The highest BCUT2D eigenvalue weighted by Crippen LogP contribution is 2.28. The molecular weight excluding hydrogens is 294 g/mol. The molecule has 2 rings (SSSR count). The summed E-state index contributed by atoms with van der Waals surface area (Å²) < 4.78 is 5.78. The van der Waals surface area contributed by atoms with Crippen LogP contribution in [-0.2, 0) is 4.79 Å². The highest BCUT2D eigenvalue weighted by Gasteiger charge is 2.30. The quantitative estimate of drug-likeness (QED) is 0.798. The lowest BCUT2D eigenvalue weighted by atomic mass is 10.2. The molecule has 2 unspecified atom stereocenters. The molecule has 2 atom stereocenters. The van der Waals surface area contributed by atoms with Crippen LogP contribution in [0.4, 0.5) is 5.69 Å². The summed E-state index contributed by atoms with van der Waals surface area (Å²) in [6.45, 7) is 4.90. The van der Waals surface area contributed by atoms with E-state index >= 15 is 0 Å². The molecule has 0 radical (unpaired) electrons. The molecule has 0 spiro atoms. The van der Waals surface area contributed by atoms with Crippen molar-refractivity contribution in [3.05, 3.63) is 24.3 Å². The fourth-order valence-corrected chi connectivity index (χ4v) is 2.39. The zero-order valence-corrected chi connectivity index (χ0v) is 12.3. The number of anilines is 1. The molecule has 1 amide bonds. The van der Waals surface area contributed by atoms with Gasteiger partial charge in [0, 0.05) is 18.3 Å². The van der Waals surface area contributed by atoms with Gasteiger partial charge in [-0.2, -0.15) is 0 Å². The van der Waals surface area contributed by atoms with Crippen LogP contribution in [0.3, 0.4) is 0 Å². The van der Waals surface area contributed by atoms with Crippen LogP contribution in [0.5, 0.6) is 5.75 Å². The molecule has 1 aliphatic heterocycles. The summed E-state index contributed by atoms with van der Waals surface area (Å²) in [6, 6.07) is 7.76.